The highest BCUT2D eigenvalue weighted by molar-refractivity contribution is 7.10. The van der Waals surface area contributed by atoms with Gasteiger partial charge in [-0.05, 0) is 18.5 Å². The number of aryl methyl sites for hydroxylation is 1. The largest absolute Gasteiger partial charge is 0.382 e. The number of hydrogen-bond acceptors (Lipinski definition) is 6. The van der Waals surface area contributed by atoms with E-state index in [0.717, 1.165) is 10.7 Å². The Labute approximate surface area is 99.2 Å². The number of nitrogens with zero attached hydrogens (tertiary/aromatic N) is 2. The summed E-state index contributed by atoms with van der Waals surface area (Å²) in [5.41, 5.74) is 1.37. The first-order chi connectivity index (χ1) is 7.72. The molecule has 0 aliphatic carbocycles. The van der Waals surface area contributed by atoms with Gasteiger partial charge in [0.05, 0.1) is 18.4 Å². The minimum absolute atomic E-state index is 0.0288. The van der Waals surface area contributed by atoms with Gasteiger partial charge in [0.2, 0.25) is 0 Å². The number of nitrogens with one attached hydrogen (secondary N) is 1. The molecular weight excluding hydrogens is 226 g/mol. The van der Waals surface area contributed by atoms with Crippen LogP contribution in [0.1, 0.15) is 11.3 Å². The van der Waals surface area contributed by atoms with Gasteiger partial charge >= 0.3 is 0 Å². The van der Waals surface area contributed by atoms with Gasteiger partial charge in [-0.15, -0.1) is 0 Å². The molecule has 1 N–H and O–H groups in total. The highest BCUT2D eigenvalue weighted by Gasteiger charge is 2.12. The van der Waals surface area contributed by atoms with Crippen molar-refractivity contribution in [2.45, 2.75) is 13.0 Å². The van der Waals surface area contributed by atoms with Crippen molar-refractivity contribution in [1.82, 2.24) is 4.37 Å². The molecule has 1 unspecified atom stereocenters. The summed E-state index contributed by atoms with van der Waals surface area (Å²) in [5.74, 6) is 0. The zero-order valence-electron chi connectivity index (χ0n) is 9.61. The van der Waals surface area contributed by atoms with Crippen molar-refractivity contribution >= 4 is 16.5 Å². The average molecular weight is 241 g/mol. The van der Waals surface area contributed by atoms with Crippen LogP contribution in [0.4, 0.5) is 5.00 Å². The summed E-state index contributed by atoms with van der Waals surface area (Å²) < 4.78 is 14.3. The van der Waals surface area contributed by atoms with Crippen molar-refractivity contribution in [3.05, 3.63) is 11.3 Å². The topological polar surface area (TPSA) is 67.2 Å². The van der Waals surface area contributed by atoms with Crippen molar-refractivity contribution in [3.63, 3.8) is 0 Å². The first-order valence-electron chi connectivity index (χ1n) is 4.84. The highest BCUT2D eigenvalue weighted by atomic mass is 32.1. The predicted molar refractivity (Wildman–Crippen MR) is 62.7 cm³/mol. The lowest BCUT2D eigenvalue weighted by Crippen LogP contribution is -2.26. The lowest BCUT2D eigenvalue weighted by Gasteiger charge is -2.14. The summed E-state index contributed by atoms with van der Waals surface area (Å²) in [5, 5.41) is 12.9. The van der Waals surface area contributed by atoms with E-state index in [1.807, 2.05) is 6.92 Å². The number of aromatic nitrogens is 1. The molecule has 0 saturated heterocycles. The van der Waals surface area contributed by atoms with Gasteiger partial charge in [0, 0.05) is 20.8 Å². The molecule has 0 spiro atoms. The Bertz CT molecular complexity index is 373. The molecule has 0 aliphatic rings. The Hall–Kier alpha value is -1.16. The molecule has 0 aliphatic heterocycles. The molecule has 1 atom stereocenters. The van der Waals surface area contributed by atoms with Gasteiger partial charge in [0.25, 0.3) is 0 Å². The Morgan fingerprint density at radius 2 is 2.31 bits per heavy atom. The summed E-state index contributed by atoms with van der Waals surface area (Å²) in [7, 11) is 3.26. The van der Waals surface area contributed by atoms with Crippen LogP contribution in [0, 0.1) is 18.3 Å². The standard InChI is InChI=1S/C10H15N3O2S/c1-7-9(4-11)10(16-13-7)12-5-8(15-3)6-14-2/h8,12H,5-6H2,1-3H3. The third-order valence-corrected chi connectivity index (χ3v) is 3.05. The number of rotatable bonds is 6. The van der Waals surface area contributed by atoms with Crippen molar-refractivity contribution in [2.24, 2.45) is 0 Å². The van der Waals surface area contributed by atoms with Crippen LogP contribution < -0.4 is 5.32 Å². The van der Waals surface area contributed by atoms with E-state index in [1.54, 1.807) is 14.2 Å². The molecule has 1 aromatic rings. The number of ether oxygens (including phenoxy) is 2. The first-order valence-corrected chi connectivity index (χ1v) is 5.62. The van der Waals surface area contributed by atoms with Crippen LogP contribution in [0.2, 0.25) is 0 Å². The van der Waals surface area contributed by atoms with E-state index in [9.17, 15) is 0 Å². The Morgan fingerprint density at radius 3 is 2.88 bits per heavy atom. The maximum Gasteiger partial charge on any atom is 0.127 e. The number of nitriles is 1. The molecule has 0 aromatic carbocycles. The smallest absolute Gasteiger partial charge is 0.127 e. The molecule has 88 valence electrons. The van der Waals surface area contributed by atoms with Gasteiger partial charge in [-0.2, -0.15) is 9.64 Å². The van der Waals surface area contributed by atoms with E-state index >= 15 is 0 Å². The third kappa shape index (κ3) is 3.17. The first kappa shape index (κ1) is 12.9. The summed E-state index contributed by atoms with van der Waals surface area (Å²) in [6.07, 6.45) is -0.0288. The van der Waals surface area contributed by atoms with Crippen molar-refractivity contribution in [2.75, 3.05) is 32.7 Å². The fourth-order valence-corrected chi connectivity index (χ4v) is 1.98. The second-order valence-corrected chi connectivity index (χ2v) is 4.05. The van der Waals surface area contributed by atoms with Crippen molar-refractivity contribution < 1.29 is 9.47 Å². The zero-order valence-corrected chi connectivity index (χ0v) is 10.4. The average Bonchev–Trinajstić information content (AvgIpc) is 2.65. The predicted octanol–water partition coefficient (Wildman–Crippen LogP) is 1.40. The van der Waals surface area contributed by atoms with Crippen LogP contribution >= 0.6 is 11.5 Å². The number of methoxy groups -OCH3 is 2. The van der Waals surface area contributed by atoms with E-state index in [0.29, 0.717) is 18.7 Å². The summed E-state index contributed by atoms with van der Waals surface area (Å²) >= 11 is 1.29. The molecule has 0 radical (unpaired) electrons. The van der Waals surface area contributed by atoms with Crippen LogP contribution in [0.15, 0.2) is 0 Å². The van der Waals surface area contributed by atoms with Gasteiger partial charge in [-0.3, -0.25) is 0 Å². The van der Waals surface area contributed by atoms with Crippen molar-refractivity contribution in [3.8, 4) is 6.07 Å². The molecular formula is C10H15N3O2S. The van der Waals surface area contributed by atoms with E-state index in [1.165, 1.54) is 11.5 Å². The third-order valence-electron chi connectivity index (χ3n) is 2.15. The zero-order chi connectivity index (χ0) is 12.0. The molecule has 0 saturated carbocycles. The van der Waals surface area contributed by atoms with E-state index < -0.39 is 0 Å². The maximum atomic E-state index is 8.93. The Balaban J connectivity index is 2.57. The Kier molecular flexibility index (Phi) is 5.19. The van der Waals surface area contributed by atoms with Gasteiger partial charge in [0.15, 0.2) is 0 Å². The summed E-state index contributed by atoms with van der Waals surface area (Å²) in [6, 6.07) is 2.13. The van der Waals surface area contributed by atoms with Crippen LogP contribution in [0.25, 0.3) is 0 Å². The monoisotopic (exact) mass is 241 g/mol. The van der Waals surface area contributed by atoms with E-state index in [4.69, 9.17) is 14.7 Å². The fraction of sp³-hybridized carbons (Fsp3) is 0.600. The molecule has 1 heterocycles. The highest BCUT2D eigenvalue weighted by Crippen LogP contribution is 2.23. The second kappa shape index (κ2) is 6.43. The van der Waals surface area contributed by atoms with Gasteiger partial charge in [-0.1, -0.05) is 0 Å². The molecule has 1 aromatic heterocycles. The molecule has 5 nitrogen and oxygen atoms in total. The SMILES string of the molecule is COCC(CNc1snc(C)c1C#N)OC. The molecule has 16 heavy (non-hydrogen) atoms. The lowest BCUT2D eigenvalue weighted by atomic mass is 10.3. The quantitative estimate of drug-likeness (QED) is 0.815. The lowest BCUT2D eigenvalue weighted by molar-refractivity contribution is 0.0366. The van der Waals surface area contributed by atoms with E-state index in [2.05, 4.69) is 15.8 Å². The van der Waals surface area contributed by atoms with Crippen LogP contribution in [0.5, 0.6) is 0 Å². The molecule has 0 bridgehead atoms. The Morgan fingerprint density at radius 1 is 1.56 bits per heavy atom. The van der Waals surface area contributed by atoms with Crippen LogP contribution in [-0.2, 0) is 9.47 Å². The van der Waals surface area contributed by atoms with Crippen LogP contribution in [0.3, 0.4) is 0 Å². The van der Waals surface area contributed by atoms with Gasteiger partial charge in [-0.25, -0.2) is 0 Å². The molecule has 1 rings (SSSR count). The minimum Gasteiger partial charge on any atom is -0.382 e. The minimum atomic E-state index is -0.0288. The van der Waals surface area contributed by atoms with Gasteiger partial charge in [0.1, 0.15) is 16.6 Å². The summed E-state index contributed by atoms with van der Waals surface area (Å²) in [4.78, 5) is 0. The van der Waals surface area contributed by atoms with Gasteiger partial charge < -0.3 is 14.8 Å². The van der Waals surface area contributed by atoms with Crippen molar-refractivity contribution in [1.29, 1.82) is 5.26 Å². The molecule has 6 heteroatoms. The molecule has 0 amide bonds. The summed E-state index contributed by atoms with van der Waals surface area (Å²) in [6.45, 7) is 2.94. The molecule has 0 fully saturated rings. The second-order valence-electron chi connectivity index (χ2n) is 3.28. The fourth-order valence-electron chi connectivity index (χ4n) is 1.22. The van der Waals surface area contributed by atoms with Crippen LogP contribution in [-0.4, -0.2) is 37.8 Å². The number of hydrogen-bond donors (Lipinski definition) is 1. The van der Waals surface area contributed by atoms with E-state index in [-0.39, 0.29) is 6.10 Å². The maximum absolute atomic E-state index is 8.93. The normalized spacial score (nSPS) is 12.1. The number of anilines is 1.